The number of rotatable bonds is 11. The van der Waals surface area contributed by atoms with Gasteiger partial charge in [0.2, 0.25) is 5.91 Å². The minimum Gasteiger partial charge on any atom is -0.493 e. The number of nitrogens with one attached hydrogen (secondary N) is 2. The van der Waals surface area contributed by atoms with Crippen LogP contribution in [-0.2, 0) is 17.8 Å². The normalized spacial score (nSPS) is 13.2. The van der Waals surface area contributed by atoms with Crippen molar-refractivity contribution in [3.63, 3.8) is 0 Å². The molecule has 3 aromatic rings. The van der Waals surface area contributed by atoms with E-state index in [0.29, 0.717) is 35.2 Å². The van der Waals surface area contributed by atoms with Crippen LogP contribution in [0.3, 0.4) is 0 Å². The maximum absolute atomic E-state index is 11.8. The number of nitrogens with two attached hydrogens (primary N) is 1. The standard InChI is InChI=1S/C25H30N4O4/c1-15-16(14-30)4-3-5-20(15)29-25-17(10-24(26)31)13-28-21-12-22(32-2)23(11-19(21)25)33-9-8-27-18-6-7-18/h3-5,11-13,18,27,30H,6-10,14H2,1-2H3,(H2,26,31)(H,28,29). The fourth-order valence-corrected chi connectivity index (χ4v) is 3.82. The molecule has 4 rings (SSSR count). The van der Waals surface area contributed by atoms with Gasteiger partial charge < -0.3 is 30.9 Å². The van der Waals surface area contributed by atoms with E-state index in [1.165, 1.54) is 12.8 Å². The van der Waals surface area contributed by atoms with E-state index in [9.17, 15) is 9.90 Å². The molecular formula is C25H30N4O4. The van der Waals surface area contributed by atoms with Gasteiger partial charge in [-0.15, -0.1) is 0 Å². The number of aromatic nitrogens is 1. The van der Waals surface area contributed by atoms with E-state index < -0.39 is 5.91 Å². The molecule has 0 saturated heterocycles. The van der Waals surface area contributed by atoms with E-state index in [2.05, 4.69) is 15.6 Å². The minimum atomic E-state index is -0.448. The second kappa shape index (κ2) is 10.1. The number of carbonyl (C=O) groups is 1. The van der Waals surface area contributed by atoms with Crippen LogP contribution in [0.25, 0.3) is 10.9 Å². The Morgan fingerprint density at radius 3 is 2.76 bits per heavy atom. The van der Waals surface area contributed by atoms with Crippen LogP contribution >= 0.6 is 0 Å². The van der Waals surface area contributed by atoms with Gasteiger partial charge in [-0.05, 0) is 43.0 Å². The molecule has 1 aliphatic rings. The molecule has 2 aromatic carbocycles. The highest BCUT2D eigenvalue weighted by Gasteiger charge is 2.20. The summed E-state index contributed by atoms with van der Waals surface area (Å²) in [7, 11) is 1.60. The van der Waals surface area contributed by atoms with Gasteiger partial charge in [-0.1, -0.05) is 12.1 Å². The molecule has 0 radical (unpaired) electrons. The summed E-state index contributed by atoms with van der Waals surface area (Å²) < 4.78 is 11.6. The molecule has 1 amide bonds. The van der Waals surface area contributed by atoms with E-state index >= 15 is 0 Å². The van der Waals surface area contributed by atoms with E-state index in [4.69, 9.17) is 15.2 Å². The number of primary amides is 1. The van der Waals surface area contributed by atoms with Gasteiger partial charge in [0, 0.05) is 41.5 Å². The van der Waals surface area contributed by atoms with Crippen molar-refractivity contribution in [3.05, 3.63) is 53.2 Å². The predicted molar refractivity (Wildman–Crippen MR) is 128 cm³/mol. The summed E-state index contributed by atoms with van der Waals surface area (Å²) in [5.41, 5.74) is 10.2. The van der Waals surface area contributed by atoms with E-state index in [1.54, 1.807) is 13.3 Å². The number of carbonyl (C=O) groups excluding carboxylic acids is 1. The first-order valence-corrected chi connectivity index (χ1v) is 11.1. The first kappa shape index (κ1) is 22.8. The molecule has 0 atom stereocenters. The van der Waals surface area contributed by atoms with Gasteiger partial charge in [0.15, 0.2) is 11.5 Å². The molecule has 0 bridgehead atoms. The Balaban J connectivity index is 1.75. The Labute approximate surface area is 193 Å². The average molecular weight is 451 g/mol. The van der Waals surface area contributed by atoms with Gasteiger partial charge in [-0.2, -0.15) is 0 Å². The zero-order valence-corrected chi connectivity index (χ0v) is 19.0. The average Bonchev–Trinajstić information content (AvgIpc) is 3.63. The molecule has 0 unspecified atom stereocenters. The monoisotopic (exact) mass is 450 g/mol. The van der Waals surface area contributed by atoms with Crippen LogP contribution in [0.4, 0.5) is 11.4 Å². The van der Waals surface area contributed by atoms with Crippen molar-refractivity contribution in [3.8, 4) is 11.5 Å². The van der Waals surface area contributed by atoms with Crippen molar-refractivity contribution in [1.29, 1.82) is 0 Å². The number of nitrogens with zero attached hydrogens (tertiary/aromatic N) is 1. The summed E-state index contributed by atoms with van der Waals surface area (Å²) >= 11 is 0. The zero-order valence-electron chi connectivity index (χ0n) is 19.0. The van der Waals surface area contributed by atoms with Crippen molar-refractivity contribution in [2.45, 2.75) is 38.8 Å². The summed E-state index contributed by atoms with van der Waals surface area (Å²) in [6.45, 7) is 3.14. The Morgan fingerprint density at radius 1 is 1.24 bits per heavy atom. The number of ether oxygens (including phenoxy) is 2. The number of hydrogen-bond acceptors (Lipinski definition) is 7. The van der Waals surface area contributed by atoms with Gasteiger partial charge in [0.05, 0.1) is 31.3 Å². The van der Waals surface area contributed by atoms with Crippen molar-refractivity contribution in [2.75, 3.05) is 25.6 Å². The van der Waals surface area contributed by atoms with Crippen molar-refractivity contribution in [1.82, 2.24) is 10.3 Å². The number of hydrogen-bond donors (Lipinski definition) is 4. The summed E-state index contributed by atoms with van der Waals surface area (Å²) in [5, 5.41) is 17.3. The topological polar surface area (TPSA) is 119 Å². The smallest absolute Gasteiger partial charge is 0.221 e. The minimum absolute atomic E-state index is 0.0392. The lowest BCUT2D eigenvalue weighted by Gasteiger charge is -2.19. The van der Waals surface area contributed by atoms with Crippen LogP contribution in [-0.4, -0.2) is 42.3 Å². The number of aliphatic hydroxyl groups is 1. The Kier molecular flexibility index (Phi) is 6.96. The third-order valence-electron chi connectivity index (χ3n) is 5.84. The number of methoxy groups -OCH3 is 1. The van der Waals surface area contributed by atoms with Crippen LogP contribution < -0.4 is 25.8 Å². The number of aliphatic hydroxyl groups excluding tert-OH is 1. The highest BCUT2D eigenvalue weighted by Crippen LogP contribution is 2.38. The van der Waals surface area contributed by atoms with Crippen LogP contribution in [0.1, 0.15) is 29.5 Å². The maximum Gasteiger partial charge on any atom is 0.221 e. The van der Waals surface area contributed by atoms with Crippen LogP contribution in [0.5, 0.6) is 11.5 Å². The van der Waals surface area contributed by atoms with E-state index in [0.717, 1.165) is 34.4 Å². The largest absolute Gasteiger partial charge is 0.493 e. The molecule has 1 heterocycles. The molecule has 8 nitrogen and oxygen atoms in total. The highest BCUT2D eigenvalue weighted by molar-refractivity contribution is 5.98. The summed E-state index contributed by atoms with van der Waals surface area (Å²) in [4.78, 5) is 16.3. The molecule has 1 aliphatic carbocycles. The predicted octanol–water partition coefficient (Wildman–Crippen LogP) is 2.95. The first-order valence-electron chi connectivity index (χ1n) is 11.1. The third-order valence-corrected chi connectivity index (χ3v) is 5.84. The van der Waals surface area contributed by atoms with Crippen molar-refractivity contribution in [2.24, 2.45) is 5.73 Å². The Morgan fingerprint density at radius 2 is 2.06 bits per heavy atom. The van der Waals surface area contributed by atoms with Crippen LogP contribution in [0.2, 0.25) is 0 Å². The molecule has 5 N–H and O–H groups in total. The van der Waals surface area contributed by atoms with Crippen LogP contribution in [0, 0.1) is 6.92 Å². The van der Waals surface area contributed by atoms with Crippen molar-refractivity contribution < 1.29 is 19.4 Å². The second-order valence-electron chi connectivity index (χ2n) is 8.27. The molecule has 174 valence electrons. The zero-order chi connectivity index (χ0) is 23.4. The fourth-order valence-electron chi connectivity index (χ4n) is 3.82. The molecule has 8 heteroatoms. The molecule has 1 aromatic heterocycles. The molecular weight excluding hydrogens is 420 g/mol. The van der Waals surface area contributed by atoms with Gasteiger partial charge in [0.1, 0.15) is 6.61 Å². The fraction of sp³-hybridized carbons (Fsp3) is 0.360. The summed E-state index contributed by atoms with van der Waals surface area (Å²) in [6.07, 6.45) is 4.14. The highest BCUT2D eigenvalue weighted by atomic mass is 16.5. The third kappa shape index (κ3) is 5.35. The van der Waals surface area contributed by atoms with Crippen LogP contribution in [0.15, 0.2) is 36.5 Å². The molecule has 1 fully saturated rings. The number of anilines is 2. The van der Waals surface area contributed by atoms with E-state index in [1.807, 2.05) is 37.3 Å². The number of benzene rings is 2. The quantitative estimate of drug-likeness (QED) is 0.332. The molecule has 0 aliphatic heterocycles. The molecule has 33 heavy (non-hydrogen) atoms. The Hall–Kier alpha value is -3.36. The van der Waals surface area contributed by atoms with Gasteiger partial charge in [-0.3, -0.25) is 9.78 Å². The van der Waals surface area contributed by atoms with Gasteiger partial charge in [0.25, 0.3) is 0 Å². The SMILES string of the molecule is COc1cc2ncc(CC(N)=O)c(Nc3cccc(CO)c3C)c2cc1OCCNC1CC1. The number of fused-ring (bicyclic) bond motifs is 1. The van der Waals surface area contributed by atoms with Gasteiger partial charge >= 0.3 is 0 Å². The Bertz CT molecular complexity index is 1160. The van der Waals surface area contributed by atoms with E-state index in [-0.39, 0.29) is 13.0 Å². The molecule has 0 spiro atoms. The summed E-state index contributed by atoms with van der Waals surface area (Å²) in [5.74, 6) is 0.745. The lowest BCUT2D eigenvalue weighted by atomic mass is 10.0. The molecule has 1 saturated carbocycles. The van der Waals surface area contributed by atoms with Crippen molar-refractivity contribution >= 4 is 28.2 Å². The summed E-state index contributed by atoms with van der Waals surface area (Å²) in [6, 6.07) is 10.0. The number of amides is 1. The van der Waals surface area contributed by atoms with Gasteiger partial charge in [-0.25, -0.2) is 0 Å². The lowest BCUT2D eigenvalue weighted by Crippen LogP contribution is -2.22. The maximum atomic E-state index is 11.8. The second-order valence-corrected chi connectivity index (χ2v) is 8.27. The lowest BCUT2D eigenvalue weighted by molar-refractivity contribution is -0.117. The first-order chi connectivity index (χ1) is 16.0. The number of pyridine rings is 1.